The van der Waals surface area contributed by atoms with Gasteiger partial charge < -0.3 is 20.3 Å². The van der Waals surface area contributed by atoms with E-state index in [1.807, 2.05) is 30.3 Å². The fourth-order valence-corrected chi connectivity index (χ4v) is 5.12. The minimum Gasteiger partial charge on any atom is -0.486 e. The number of aliphatic hydroxyl groups is 1. The summed E-state index contributed by atoms with van der Waals surface area (Å²) in [5.41, 5.74) is 3.36. The molecule has 2 aliphatic carbocycles. The Bertz CT molecular complexity index is 1120. The first-order valence-corrected chi connectivity index (χ1v) is 11.8. The van der Waals surface area contributed by atoms with Crippen LogP contribution in [0.4, 0.5) is 10.9 Å². The van der Waals surface area contributed by atoms with Gasteiger partial charge in [0.15, 0.2) is 16.7 Å². The van der Waals surface area contributed by atoms with Gasteiger partial charge in [0, 0.05) is 16.6 Å². The number of aliphatic carboxylic acids is 1. The number of fused-ring (bicyclic) bond motifs is 1. The topological polar surface area (TPSA) is 105 Å². The number of thiazole rings is 1. The van der Waals surface area contributed by atoms with Crippen LogP contribution in [-0.2, 0) is 17.6 Å². The second-order valence-electron chi connectivity index (χ2n) is 8.33. The van der Waals surface area contributed by atoms with Gasteiger partial charge >= 0.3 is 5.97 Å². The maximum atomic E-state index is 11.0. The van der Waals surface area contributed by atoms with Crippen LogP contribution in [0.25, 0.3) is 11.1 Å². The number of rotatable bonds is 7. The van der Waals surface area contributed by atoms with E-state index in [1.54, 1.807) is 17.5 Å². The number of nitrogens with one attached hydrogen (secondary N) is 1. The lowest BCUT2D eigenvalue weighted by molar-refractivity contribution is -0.136. The van der Waals surface area contributed by atoms with Crippen LogP contribution in [0, 0.1) is 0 Å². The summed E-state index contributed by atoms with van der Waals surface area (Å²) in [4.78, 5) is 21.3. The Kier molecular flexibility index (Phi) is 5.80. The SMILES string of the molecule is O=C(O)Cc1ccc(-c2ccnc(Nc3nc4c(s3)CCCC4O)c2OC2CCC2)cc1. The van der Waals surface area contributed by atoms with E-state index in [2.05, 4.69) is 15.3 Å². The highest BCUT2D eigenvalue weighted by molar-refractivity contribution is 7.15. The van der Waals surface area contributed by atoms with E-state index < -0.39 is 12.1 Å². The number of aryl methyl sites for hydroxylation is 1. The lowest BCUT2D eigenvalue weighted by atomic mass is 9.96. The second kappa shape index (κ2) is 8.88. The molecule has 2 heterocycles. The summed E-state index contributed by atoms with van der Waals surface area (Å²) in [5, 5.41) is 23.3. The third-order valence-electron chi connectivity index (χ3n) is 6.01. The summed E-state index contributed by atoms with van der Waals surface area (Å²) >= 11 is 1.56. The molecule has 8 heteroatoms. The van der Waals surface area contributed by atoms with Gasteiger partial charge in [0.05, 0.1) is 24.3 Å². The van der Waals surface area contributed by atoms with Crippen molar-refractivity contribution in [2.45, 2.75) is 57.2 Å². The molecule has 1 aromatic carbocycles. The van der Waals surface area contributed by atoms with Gasteiger partial charge in [-0.15, -0.1) is 11.3 Å². The quantitative estimate of drug-likeness (QED) is 0.470. The maximum Gasteiger partial charge on any atom is 0.307 e. The number of hydrogen-bond donors (Lipinski definition) is 3. The van der Waals surface area contributed by atoms with Crippen molar-refractivity contribution in [1.82, 2.24) is 9.97 Å². The summed E-state index contributed by atoms with van der Waals surface area (Å²) in [7, 11) is 0. The number of carbonyl (C=O) groups is 1. The fraction of sp³-hybridized carbons (Fsp3) is 0.375. The number of ether oxygens (including phenoxy) is 1. The highest BCUT2D eigenvalue weighted by Crippen LogP contribution is 2.41. The van der Waals surface area contributed by atoms with Gasteiger partial charge in [0.2, 0.25) is 0 Å². The van der Waals surface area contributed by atoms with Crippen molar-refractivity contribution in [3.05, 3.63) is 52.7 Å². The number of pyridine rings is 1. The van der Waals surface area contributed by atoms with Crippen LogP contribution in [0.3, 0.4) is 0 Å². The highest BCUT2D eigenvalue weighted by atomic mass is 32.1. The Morgan fingerprint density at radius 2 is 1.97 bits per heavy atom. The molecular weight excluding hydrogens is 426 g/mol. The number of carboxylic acids is 1. The number of nitrogens with zero attached hydrogens (tertiary/aromatic N) is 2. The molecule has 0 radical (unpaired) electrons. The molecule has 0 bridgehead atoms. The molecule has 1 unspecified atom stereocenters. The number of hydrogen-bond acceptors (Lipinski definition) is 7. The molecule has 32 heavy (non-hydrogen) atoms. The van der Waals surface area contributed by atoms with Gasteiger partial charge in [0.25, 0.3) is 0 Å². The van der Waals surface area contributed by atoms with Crippen LogP contribution in [0.2, 0.25) is 0 Å². The molecule has 1 atom stereocenters. The first-order valence-electron chi connectivity index (χ1n) is 11.0. The van der Waals surface area contributed by atoms with Crippen LogP contribution in [0.5, 0.6) is 5.75 Å². The molecule has 2 aliphatic rings. The molecule has 7 nitrogen and oxygen atoms in total. The molecule has 0 amide bonds. The number of anilines is 2. The lowest BCUT2D eigenvalue weighted by Gasteiger charge is -2.28. The zero-order valence-electron chi connectivity index (χ0n) is 17.6. The number of benzene rings is 1. The lowest BCUT2D eigenvalue weighted by Crippen LogP contribution is -2.25. The van der Waals surface area contributed by atoms with Crippen molar-refractivity contribution in [2.24, 2.45) is 0 Å². The summed E-state index contributed by atoms with van der Waals surface area (Å²) < 4.78 is 6.37. The molecule has 1 saturated carbocycles. The fourth-order valence-electron chi connectivity index (χ4n) is 4.07. The van der Waals surface area contributed by atoms with Crippen molar-refractivity contribution in [3.8, 4) is 16.9 Å². The largest absolute Gasteiger partial charge is 0.486 e. The van der Waals surface area contributed by atoms with Crippen LogP contribution >= 0.6 is 11.3 Å². The summed E-state index contributed by atoms with van der Waals surface area (Å²) in [6, 6.07) is 9.43. The minimum atomic E-state index is -0.849. The summed E-state index contributed by atoms with van der Waals surface area (Å²) in [6.45, 7) is 0. The third kappa shape index (κ3) is 4.33. The Labute approximate surface area is 190 Å². The molecule has 3 N–H and O–H groups in total. The number of carboxylic acid groups (broad SMARTS) is 1. The zero-order chi connectivity index (χ0) is 22.1. The van der Waals surface area contributed by atoms with Crippen molar-refractivity contribution in [1.29, 1.82) is 0 Å². The molecule has 1 fully saturated rings. The third-order valence-corrected chi connectivity index (χ3v) is 7.06. The molecule has 5 rings (SSSR count). The minimum absolute atomic E-state index is 0.00454. The van der Waals surface area contributed by atoms with Gasteiger partial charge in [-0.1, -0.05) is 24.3 Å². The zero-order valence-corrected chi connectivity index (χ0v) is 18.4. The van der Waals surface area contributed by atoms with Gasteiger partial charge in [-0.3, -0.25) is 4.79 Å². The van der Waals surface area contributed by atoms with Crippen LogP contribution < -0.4 is 10.1 Å². The maximum absolute atomic E-state index is 11.0. The van der Waals surface area contributed by atoms with E-state index in [9.17, 15) is 9.90 Å². The predicted octanol–water partition coefficient (Wildman–Crippen LogP) is 4.88. The van der Waals surface area contributed by atoms with E-state index in [0.717, 1.165) is 65.8 Å². The van der Waals surface area contributed by atoms with E-state index in [1.165, 1.54) is 0 Å². The standard InChI is InChI=1S/C24H25N3O4S/c28-18-5-2-6-19-21(18)26-24(32-19)27-23-22(31-16-3-1-4-16)17(11-12-25-23)15-9-7-14(8-10-15)13-20(29)30/h7-12,16,18,28H,1-6,13H2,(H,29,30)(H,25,26,27). The molecule has 0 aliphatic heterocycles. The molecule has 0 saturated heterocycles. The Morgan fingerprint density at radius 3 is 2.66 bits per heavy atom. The summed E-state index contributed by atoms with van der Waals surface area (Å²) in [5.74, 6) is 0.430. The van der Waals surface area contributed by atoms with E-state index in [-0.39, 0.29) is 12.5 Å². The van der Waals surface area contributed by atoms with Crippen molar-refractivity contribution in [2.75, 3.05) is 5.32 Å². The second-order valence-corrected chi connectivity index (χ2v) is 9.42. The van der Waals surface area contributed by atoms with E-state index >= 15 is 0 Å². The Balaban J connectivity index is 1.48. The van der Waals surface area contributed by atoms with Crippen LogP contribution in [-0.4, -0.2) is 32.3 Å². The monoisotopic (exact) mass is 451 g/mol. The average Bonchev–Trinajstić information content (AvgIpc) is 3.15. The van der Waals surface area contributed by atoms with Gasteiger partial charge in [-0.25, -0.2) is 9.97 Å². The normalized spacial score (nSPS) is 18.0. The van der Waals surface area contributed by atoms with Gasteiger partial charge in [-0.05, 0) is 55.7 Å². The number of aliphatic hydroxyl groups excluding tert-OH is 1. The van der Waals surface area contributed by atoms with Gasteiger partial charge in [-0.2, -0.15) is 0 Å². The van der Waals surface area contributed by atoms with Crippen LogP contribution in [0.15, 0.2) is 36.5 Å². The number of aromatic nitrogens is 2. The first-order chi connectivity index (χ1) is 15.6. The van der Waals surface area contributed by atoms with E-state index in [4.69, 9.17) is 9.84 Å². The Hall–Kier alpha value is -2.97. The summed E-state index contributed by atoms with van der Waals surface area (Å²) in [6.07, 6.45) is 7.24. The average molecular weight is 452 g/mol. The Morgan fingerprint density at radius 1 is 1.16 bits per heavy atom. The molecule has 2 aromatic heterocycles. The molecule has 166 valence electrons. The van der Waals surface area contributed by atoms with Crippen molar-refractivity contribution in [3.63, 3.8) is 0 Å². The van der Waals surface area contributed by atoms with Crippen LogP contribution in [0.1, 0.15) is 54.3 Å². The van der Waals surface area contributed by atoms with E-state index in [0.29, 0.717) is 16.7 Å². The first kappa shape index (κ1) is 20.9. The highest BCUT2D eigenvalue weighted by Gasteiger charge is 2.26. The molecule has 3 aromatic rings. The van der Waals surface area contributed by atoms with Gasteiger partial charge in [0.1, 0.15) is 0 Å². The van der Waals surface area contributed by atoms with Crippen molar-refractivity contribution >= 4 is 28.3 Å². The molecular formula is C24H25N3O4S. The molecule has 0 spiro atoms. The van der Waals surface area contributed by atoms with Crippen molar-refractivity contribution < 1.29 is 19.7 Å². The predicted molar refractivity (Wildman–Crippen MR) is 123 cm³/mol. The smallest absolute Gasteiger partial charge is 0.307 e.